The van der Waals surface area contributed by atoms with Gasteiger partial charge >= 0.3 is 0 Å². The summed E-state index contributed by atoms with van der Waals surface area (Å²) < 4.78 is 3.05. The van der Waals surface area contributed by atoms with Gasteiger partial charge in [-0.15, -0.1) is 11.3 Å². The lowest BCUT2D eigenvalue weighted by atomic mass is 9.59. The lowest BCUT2D eigenvalue weighted by Crippen LogP contribution is -2.42. The summed E-state index contributed by atoms with van der Waals surface area (Å²) in [5, 5.41) is 3.27. The lowest BCUT2D eigenvalue weighted by molar-refractivity contribution is 0.125. The molecule has 1 aliphatic rings. The van der Waals surface area contributed by atoms with Crippen molar-refractivity contribution in [1.82, 2.24) is 29.5 Å². The number of hydrogen-bond donors (Lipinski definition) is 0. The summed E-state index contributed by atoms with van der Waals surface area (Å²) >= 11 is 1.70. The van der Waals surface area contributed by atoms with Crippen molar-refractivity contribution in [1.29, 1.82) is 0 Å². The van der Waals surface area contributed by atoms with E-state index < -0.39 is 0 Å². The number of hydrogen-bond acceptors (Lipinski definition) is 6. The van der Waals surface area contributed by atoms with Crippen LogP contribution in [0.5, 0.6) is 0 Å². The van der Waals surface area contributed by atoms with Crippen LogP contribution in [0.4, 0.5) is 0 Å². The first-order chi connectivity index (χ1) is 22.5. The van der Waals surface area contributed by atoms with Gasteiger partial charge in [-0.25, -0.2) is 9.97 Å². The maximum Gasteiger partial charge on any atom is 0.239 e. The highest BCUT2D eigenvalue weighted by atomic mass is 32.1. The maximum atomic E-state index is 5.21. The molecule has 47 heavy (non-hydrogen) atoms. The van der Waals surface area contributed by atoms with Crippen molar-refractivity contribution in [3.63, 3.8) is 0 Å². The Hall–Kier alpha value is -4.75. The van der Waals surface area contributed by atoms with Gasteiger partial charge in [0.2, 0.25) is 5.95 Å². The molecular weight excluding hydrogens is 597 g/mol. The zero-order valence-corrected chi connectivity index (χ0v) is 28.8. The molecular formula is C40H38N6S. The predicted octanol–water partition coefficient (Wildman–Crippen LogP) is 9.98. The van der Waals surface area contributed by atoms with E-state index in [0.29, 0.717) is 17.6 Å². The number of fused-ring (bicyclic) bond motifs is 3. The van der Waals surface area contributed by atoms with Crippen LogP contribution >= 0.6 is 11.3 Å². The third kappa shape index (κ3) is 4.25. The zero-order chi connectivity index (χ0) is 32.7. The standard InChI is InChI=1S/C40H38N6S/c1-8-24-20-29-30(39(4,5)40(6,7)38(29,2)3)21-27(24)33-26-18-19-47-34(26)28(22-41-33)36-43-35(25-14-10-9-11-15-25)44-37(45-36)46-23-42-31-16-12-13-17-32(31)46/h9-23H,8H2,1-7H3. The number of aromatic nitrogens is 6. The summed E-state index contributed by atoms with van der Waals surface area (Å²) in [6, 6.07) is 25.2. The van der Waals surface area contributed by atoms with Gasteiger partial charge in [0.25, 0.3) is 0 Å². The van der Waals surface area contributed by atoms with Gasteiger partial charge < -0.3 is 0 Å². The summed E-state index contributed by atoms with van der Waals surface area (Å²) in [5.41, 5.74) is 10.3. The number of aryl methyl sites for hydroxylation is 1. The van der Waals surface area contributed by atoms with Crippen molar-refractivity contribution >= 4 is 32.5 Å². The van der Waals surface area contributed by atoms with Crippen LogP contribution < -0.4 is 0 Å². The number of thiophene rings is 1. The van der Waals surface area contributed by atoms with Crippen LogP contribution in [-0.4, -0.2) is 29.5 Å². The van der Waals surface area contributed by atoms with E-state index in [-0.39, 0.29) is 16.2 Å². The minimum Gasteiger partial charge on any atom is -0.267 e. The Morgan fingerprint density at radius 3 is 2.19 bits per heavy atom. The minimum atomic E-state index is 0.00711. The Morgan fingerprint density at radius 2 is 1.43 bits per heavy atom. The molecule has 0 aliphatic heterocycles. The number of para-hydroxylation sites is 2. The SMILES string of the molecule is CCc1cc2c(cc1-c1ncc(-c3nc(-c4ccccc4)nc(-n4cnc5ccccc54)n3)c3sccc13)C(C)(C)C(C)(C)C2(C)C. The van der Waals surface area contributed by atoms with Crippen LogP contribution in [0, 0.1) is 5.41 Å². The van der Waals surface area contributed by atoms with Gasteiger partial charge in [-0.05, 0) is 69.0 Å². The average molecular weight is 635 g/mol. The quantitative estimate of drug-likeness (QED) is 0.188. The van der Waals surface area contributed by atoms with Crippen LogP contribution in [0.1, 0.15) is 65.2 Å². The summed E-state index contributed by atoms with van der Waals surface area (Å²) in [6.45, 7) is 16.7. The van der Waals surface area contributed by atoms with Gasteiger partial charge in [0.1, 0.15) is 6.33 Å². The van der Waals surface area contributed by atoms with Crippen LogP contribution in [0.2, 0.25) is 0 Å². The summed E-state index contributed by atoms with van der Waals surface area (Å²) in [7, 11) is 0. The number of benzene rings is 3. The van der Waals surface area contributed by atoms with Crippen molar-refractivity contribution in [3.8, 4) is 40.0 Å². The Kier molecular flexibility index (Phi) is 6.54. The van der Waals surface area contributed by atoms with Crippen LogP contribution in [0.15, 0.2) is 90.7 Å². The van der Waals surface area contributed by atoms with E-state index in [1.807, 2.05) is 65.4 Å². The zero-order valence-electron chi connectivity index (χ0n) is 28.0. The number of imidazole rings is 1. The van der Waals surface area contributed by atoms with E-state index >= 15 is 0 Å². The van der Waals surface area contributed by atoms with E-state index in [0.717, 1.165) is 44.4 Å². The molecule has 7 aromatic rings. The Morgan fingerprint density at radius 1 is 0.723 bits per heavy atom. The summed E-state index contributed by atoms with van der Waals surface area (Å²) in [4.78, 5) is 24.8. The topological polar surface area (TPSA) is 69.4 Å². The van der Waals surface area contributed by atoms with Crippen molar-refractivity contribution in [2.24, 2.45) is 5.41 Å². The fraction of sp³-hybridized carbons (Fsp3) is 0.275. The molecule has 0 bridgehead atoms. The molecule has 4 heterocycles. The van der Waals surface area contributed by atoms with Gasteiger partial charge in [-0.3, -0.25) is 9.55 Å². The molecule has 0 saturated heterocycles. The molecule has 0 unspecified atom stereocenters. The van der Waals surface area contributed by atoms with E-state index in [9.17, 15) is 0 Å². The largest absolute Gasteiger partial charge is 0.267 e. The fourth-order valence-corrected chi connectivity index (χ4v) is 8.31. The van der Waals surface area contributed by atoms with Crippen molar-refractivity contribution in [2.45, 2.75) is 65.7 Å². The highest BCUT2D eigenvalue weighted by Crippen LogP contribution is 2.62. The van der Waals surface area contributed by atoms with Gasteiger partial charge in [-0.1, -0.05) is 97.0 Å². The molecule has 0 fully saturated rings. The molecule has 6 nitrogen and oxygen atoms in total. The maximum absolute atomic E-state index is 5.21. The van der Waals surface area contributed by atoms with Crippen LogP contribution in [0.3, 0.4) is 0 Å². The van der Waals surface area contributed by atoms with Gasteiger partial charge in [0.15, 0.2) is 11.6 Å². The van der Waals surface area contributed by atoms with Crippen molar-refractivity contribution in [2.75, 3.05) is 0 Å². The van der Waals surface area contributed by atoms with E-state index in [2.05, 4.69) is 77.0 Å². The first-order valence-corrected chi connectivity index (χ1v) is 17.2. The second-order valence-electron chi connectivity index (χ2n) is 14.2. The van der Waals surface area contributed by atoms with Crippen LogP contribution in [0.25, 0.3) is 61.1 Å². The average Bonchev–Trinajstić information content (AvgIpc) is 3.77. The first kappa shape index (κ1) is 29.6. The second kappa shape index (κ2) is 10.4. The van der Waals surface area contributed by atoms with Crippen molar-refractivity contribution < 1.29 is 0 Å². The minimum absolute atomic E-state index is 0.00711. The Balaban J connectivity index is 1.33. The molecule has 0 spiro atoms. The third-order valence-electron chi connectivity index (χ3n) is 11.4. The number of nitrogens with zero attached hydrogens (tertiary/aromatic N) is 6. The lowest BCUT2D eigenvalue weighted by Gasteiger charge is -2.44. The second-order valence-corrected chi connectivity index (χ2v) is 15.1. The molecule has 0 N–H and O–H groups in total. The molecule has 0 saturated carbocycles. The molecule has 1 aliphatic carbocycles. The molecule has 3 aromatic carbocycles. The summed E-state index contributed by atoms with van der Waals surface area (Å²) in [5.74, 6) is 1.72. The Labute approximate surface area is 279 Å². The molecule has 0 amide bonds. The molecule has 0 radical (unpaired) electrons. The predicted molar refractivity (Wildman–Crippen MR) is 193 cm³/mol. The molecule has 8 rings (SSSR count). The normalized spacial score (nSPS) is 16.1. The van der Waals surface area contributed by atoms with Crippen molar-refractivity contribution in [3.05, 3.63) is 107 Å². The van der Waals surface area contributed by atoms with Gasteiger partial charge in [0.05, 0.1) is 22.3 Å². The number of rotatable bonds is 5. The molecule has 234 valence electrons. The fourth-order valence-electron chi connectivity index (χ4n) is 7.41. The highest BCUT2D eigenvalue weighted by Gasteiger charge is 2.57. The molecule has 7 heteroatoms. The van der Waals surface area contributed by atoms with Gasteiger partial charge in [0, 0.05) is 27.4 Å². The third-order valence-corrected chi connectivity index (χ3v) is 12.4. The summed E-state index contributed by atoms with van der Waals surface area (Å²) in [6.07, 6.45) is 4.68. The van der Waals surface area contributed by atoms with E-state index in [4.69, 9.17) is 19.9 Å². The van der Waals surface area contributed by atoms with E-state index in [1.165, 1.54) is 22.3 Å². The molecule has 4 aromatic heterocycles. The first-order valence-electron chi connectivity index (χ1n) is 16.3. The van der Waals surface area contributed by atoms with E-state index in [1.54, 1.807) is 17.7 Å². The van der Waals surface area contributed by atoms with Gasteiger partial charge in [-0.2, -0.15) is 9.97 Å². The smallest absolute Gasteiger partial charge is 0.239 e. The Bertz CT molecular complexity index is 2330. The number of pyridine rings is 1. The van der Waals surface area contributed by atoms with Crippen LogP contribution in [-0.2, 0) is 17.3 Å². The highest BCUT2D eigenvalue weighted by molar-refractivity contribution is 7.17. The molecule has 0 atom stereocenters. The monoisotopic (exact) mass is 634 g/mol.